The van der Waals surface area contributed by atoms with Gasteiger partial charge in [0.25, 0.3) is 0 Å². The summed E-state index contributed by atoms with van der Waals surface area (Å²) in [7, 11) is 0.694. The average Bonchev–Trinajstić information content (AvgIpc) is 3.60. The number of furan rings is 1. The molecule has 4 aromatic rings. The molecule has 0 spiro atoms. The number of ketones is 1. The third-order valence-electron chi connectivity index (χ3n) is 5.61. The Hall–Kier alpha value is -5.32. The summed E-state index contributed by atoms with van der Waals surface area (Å²) < 4.78 is 59.2. The molecule has 0 unspecified atom stereocenters. The minimum Gasteiger partial charge on any atom is -0.497 e. The molecule has 17 heteroatoms. The monoisotopic (exact) mass is 590 g/mol. The van der Waals surface area contributed by atoms with Gasteiger partial charge in [0.2, 0.25) is 11.5 Å². The summed E-state index contributed by atoms with van der Waals surface area (Å²) in [6.45, 7) is -0.603. The fourth-order valence-electron chi connectivity index (χ4n) is 3.75. The molecule has 1 amide bonds. The number of rotatable bonds is 11. The number of ether oxygens (including phenoxy) is 5. The van der Waals surface area contributed by atoms with E-state index in [0.29, 0.717) is 4.09 Å². The summed E-state index contributed by atoms with van der Waals surface area (Å²) >= 11 is 0. The highest BCUT2D eigenvalue weighted by molar-refractivity contribution is 7.88. The molecule has 41 heavy (non-hydrogen) atoms. The molecule has 2 heterocycles. The van der Waals surface area contributed by atoms with E-state index < -0.39 is 39.5 Å². The van der Waals surface area contributed by atoms with Gasteiger partial charge in [0.05, 0.1) is 40.0 Å². The van der Waals surface area contributed by atoms with Crippen LogP contribution in [0, 0.1) is 10.1 Å². The maximum atomic E-state index is 13.6. The van der Waals surface area contributed by atoms with E-state index in [9.17, 15) is 28.1 Å². The van der Waals surface area contributed by atoms with E-state index in [2.05, 4.69) is 5.10 Å². The number of fused-ring (bicyclic) bond motifs is 1. The third kappa shape index (κ3) is 5.69. The second-order valence-electron chi connectivity index (χ2n) is 8.00. The molecule has 2 aromatic heterocycles. The fourth-order valence-corrected chi connectivity index (χ4v) is 4.71. The molecular formula is C24H22N4O12S. The van der Waals surface area contributed by atoms with Gasteiger partial charge < -0.3 is 28.1 Å². The van der Waals surface area contributed by atoms with E-state index in [1.165, 1.54) is 64.8 Å². The number of nitro groups is 1. The van der Waals surface area contributed by atoms with Crippen LogP contribution in [0.25, 0.3) is 10.9 Å². The minimum atomic E-state index is -4.79. The number of hydrogen-bond acceptors (Lipinski definition) is 13. The lowest BCUT2D eigenvalue weighted by molar-refractivity contribution is -0.402. The lowest BCUT2D eigenvalue weighted by Gasteiger charge is -2.13. The van der Waals surface area contributed by atoms with Crippen molar-refractivity contribution in [3.05, 3.63) is 69.6 Å². The molecule has 0 saturated heterocycles. The molecule has 216 valence electrons. The first kappa shape index (κ1) is 28.7. The number of benzene rings is 2. The van der Waals surface area contributed by atoms with Gasteiger partial charge >= 0.3 is 22.2 Å². The van der Waals surface area contributed by atoms with Crippen LogP contribution in [-0.4, -0.2) is 62.8 Å². The molecule has 0 atom stereocenters. The predicted octanol–water partition coefficient (Wildman–Crippen LogP) is 2.82. The Kier molecular flexibility index (Phi) is 7.99. The van der Waals surface area contributed by atoms with Gasteiger partial charge in [-0.2, -0.15) is 18.2 Å². The molecule has 0 bridgehead atoms. The first-order valence-electron chi connectivity index (χ1n) is 11.4. The molecule has 0 saturated carbocycles. The molecule has 2 aromatic carbocycles. The van der Waals surface area contributed by atoms with Crippen molar-refractivity contribution >= 4 is 38.9 Å². The quantitative estimate of drug-likeness (QED) is 0.152. The molecular weight excluding hydrogens is 568 g/mol. The number of carbonyl (C=O) groups is 2. The van der Waals surface area contributed by atoms with Crippen molar-refractivity contribution in [2.24, 2.45) is 0 Å². The van der Waals surface area contributed by atoms with E-state index in [4.69, 9.17) is 28.1 Å². The zero-order valence-corrected chi connectivity index (χ0v) is 22.7. The van der Waals surface area contributed by atoms with Crippen molar-refractivity contribution in [2.75, 3.05) is 28.4 Å². The molecule has 0 aliphatic heterocycles. The second-order valence-corrected chi connectivity index (χ2v) is 9.50. The number of hydrogen-bond donors (Lipinski definition) is 1. The number of amides is 1. The van der Waals surface area contributed by atoms with E-state index in [1.807, 2.05) is 0 Å². The highest BCUT2D eigenvalue weighted by Crippen LogP contribution is 2.39. The van der Waals surface area contributed by atoms with Crippen molar-refractivity contribution in [2.45, 2.75) is 6.61 Å². The second kappa shape index (κ2) is 11.4. The van der Waals surface area contributed by atoms with E-state index in [-0.39, 0.29) is 50.9 Å². The Bertz CT molecular complexity index is 1730. The van der Waals surface area contributed by atoms with Crippen LogP contribution in [0.15, 0.2) is 46.9 Å². The number of aromatic nitrogens is 2. The molecule has 0 radical (unpaired) electrons. The minimum absolute atomic E-state index is 0.0409. The van der Waals surface area contributed by atoms with Crippen molar-refractivity contribution in [1.82, 2.24) is 13.9 Å². The SMILES string of the molecule is COc1ccc2c(C(=O)c3cc(OC)c(OC)c(OC)c3)nn(S(=O)(=O)NC(=O)OCc3ccc([N+](=O)[O-])o3)c2c1. The van der Waals surface area contributed by atoms with Crippen LogP contribution in [0.2, 0.25) is 0 Å². The van der Waals surface area contributed by atoms with E-state index in [0.717, 1.165) is 6.07 Å². The van der Waals surface area contributed by atoms with E-state index >= 15 is 0 Å². The lowest BCUT2D eigenvalue weighted by Crippen LogP contribution is -2.36. The molecule has 4 rings (SSSR count). The van der Waals surface area contributed by atoms with Crippen LogP contribution in [-0.2, 0) is 21.6 Å². The maximum Gasteiger partial charge on any atom is 0.433 e. The number of methoxy groups -OCH3 is 4. The third-order valence-corrected chi connectivity index (χ3v) is 6.77. The molecule has 16 nitrogen and oxygen atoms in total. The van der Waals surface area contributed by atoms with Crippen LogP contribution in [0.3, 0.4) is 0 Å². The van der Waals surface area contributed by atoms with Crippen molar-refractivity contribution in [1.29, 1.82) is 0 Å². The largest absolute Gasteiger partial charge is 0.497 e. The Morgan fingerprint density at radius 3 is 2.24 bits per heavy atom. The Morgan fingerprint density at radius 2 is 1.68 bits per heavy atom. The van der Waals surface area contributed by atoms with Crippen molar-refractivity contribution < 1.29 is 51.0 Å². The smallest absolute Gasteiger partial charge is 0.433 e. The normalized spacial score (nSPS) is 11.1. The zero-order valence-electron chi connectivity index (χ0n) is 21.9. The van der Waals surface area contributed by atoms with Crippen LogP contribution in [0.4, 0.5) is 10.7 Å². The Labute approximate surface area is 231 Å². The molecule has 0 fully saturated rings. The fraction of sp³-hybridized carbons (Fsp3) is 0.208. The standard InChI is InChI=1S/C24H22N4O12S/c1-35-14-5-7-16-17(11-14)27(41(33,34)26-24(30)39-12-15-6-8-20(40-15)28(31)32)25-21(16)22(29)13-9-18(36-2)23(38-4)19(10-13)37-3/h5-11H,12H2,1-4H3,(H,26,30). The van der Waals surface area contributed by atoms with Crippen LogP contribution >= 0.6 is 0 Å². The Balaban J connectivity index is 1.70. The summed E-state index contributed by atoms with van der Waals surface area (Å²) in [5, 5.41) is 14.9. The number of nitrogens with one attached hydrogen (secondary N) is 1. The van der Waals surface area contributed by atoms with Gasteiger partial charge in [-0.05, 0) is 30.3 Å². The van der Waals surface area contributed by atoms with Gasteiger partial charge in [-0.1, -0.05) is 0 Å². The molecule has 1 N–H and O–H groups in total. The van der Waals surface area contributed by atoms with Crippen LogP contribution in [0.5, 0.6) is 23.0 Å². The van der Waals surface area contributed by atoms with Gasteiger partial charge in [-0.3, -0.25) is 14.9 Å². The summed E-state index contributed by atoms with van der Waals surface area (Å²) in [6, 6.07) is 9.22. The summed E-state index contributed by atoms with van der Waals surface area (Å²) in [5.41, 5.74) is -0.333. The highest BCUT2D eigenvalue weighted by atomic mass is 32.2. The average molecular weight is 591 g/mol. The first-order chi connectivity index (χ1) is 19.5. The predicted molar refractivity (Wildman–Crippen MR) is 139 cm³/mol. The lowest BCUT2D eigenvalue weighted by atomic mass is 10.0. The zero-order chi connectivity index (χ0) is 29.9. The van der Waals surface area contributed by atoms with Crippen LogP contribution in [0.1, 0.15) is 21.8 Å². The highest BCUT2D eigenvalue weighted by Gasteiger charge is 2.28. The van der Waals surface area contributed by atoms with E-state index in [1.54, 1.807) is 4.72 Å². The van der Waals surface area contributed by atoms with Crippen LogP contribution < -0.4 is 23.7 Å². The topological polar surface area (TPSA) is 201 Å². The first-order valence-corrected chi connectivity index (χ1v) is 12.8. The van der Waals surface area contributed by atoms with Crippen molar-refractivity contribution in [3.8, 4) is 23.0 Å². The molecule has 0 aliphatic rings. The van der Waals surface area contributed by atoms with Gasteiger partial charge in [-0.15, -0.1) is 4.09 Å². The van der Waals surface area contributed by atoms with Gasteiger partial charge in [0.1, 0.15) is 22.1 Å². The summed E-state index contributed by atoms with van der Waals surface area (Å²) in [5.74, 6) is -0.548. The van der Waals surface area contributed by atoms with Gasteiger partial charge in [-0.25, -0.2) is 4.79 Å². The van der Waals surface area contributed by atoms with Crippen molar-refractivity contribution in [3.63, 3.8) is 0 Å². The number of carbonyl (C=O) groups excluding carboxylic acids is 2. The summed E-state index contributed by atoms with van der Waals surface area (Å²) in [4.78, 5) is 35.9. The Morgan fingerprint density at radius 1 is 1.00 bits per heavy atom. The van der Waals surface area contributed by atoms with Gasteiger partial charge in [0, 0.05) is 17.0 Å². The van der Waals surface area contributed by atoms with Gasteiger partial charge in [0.15, 0.2) is 18.1 Å². The number of nitrogens with zero attached hydrogens (tertiary/aromatic N) is 3. The summed E-state index contributed by atoms with van der Waals surface area (Å²) in [6.07, 6.45) is -1.44. The molecule has 0 aliphatic carbocycles. The maximum absolute atomic E-state index is 13.6.